The van der Waals surface area contributed by atoms with E-state index in [0.717, 1.165) is 12.1 Å². The smallest absolute Gasteiger partial charge is 0.431 e. The molecule has 0 aliphatic rings. The lowest BCUT2D eigenvalue weighted by Crippen LogP contribution is -2.27. The Morgan fingerprint density at radius 2 is 1.93 bits per heavy atom. The third-order valence-corrected chi connectivity index (χ3v) is 4.43. The predicted octanol–water partition coefficient (Wildman–Crippen LogP) is 5.03. The van der Waals surface area contributed by atoms with Crippen molar-refractivity contribution in [1.82, 2.24) is 10.5 Å². The van der Waals surface area contributed by atoms with Crippen LogP contribution in [0.3, 0.4) is 0 Å². The standard InChI is InChI=1S/C16H13Cl3F4N2O3/c1-27-25-13(26)6-28-12-2-7(10(20)3-9(12)19)14-8(4-17)15(16(21,22)23)24-11(14)5-18/h2-3,24H,4-6H2,1H3,(H,25,26). The lowest BCUT2D eigenvalue weighted by atomic mass is 10.00. The molecule has 1 aromatic carbocycles. The molecule has 154 valence electrons. The van der Waals surface area contributed by atoms with Crippen LogP contribution in [0.4, 0.5) is 17.6 Å². The van der Waals surface area contributed by atoms with Crippen LogP contribution in [0.1, 0.15) is 17.0 Å². The van der Waals surface area contributed by atoms with E-state index in [4.69, 9.17) is 39.5 Å². The van der Waals surface area contributed by atoms with Crippen LogP contribution in [0.2, 0.25) is 5.02 Å². The molecule has 5 nitrogen and oxygen atoms in total. The Hall–Kier alpha value is -1.68. The van der Waals surface area contributed by atoms with Gasteiger partial charge in [-0.05, 0) is 12.1 Å². The Morgan fingerprint density at radius 3 is 2.46 bits per heavy atom. The molecule has 0 atom stereocenters. The molecule has 28 heavy (non-hydrogen) atoms. The first-order valence-electron chi connectivity index (χ1n) is 7.50. The molecule has 2 aromatic rings. The number of hydroxylamine groups is 1. The van der Waals surface area contributed by atoms with E-state index in [1.807, 2.05) is 5.48 Å². The van der Waals surface area contributed by atoms with Gasteiger partial charge >= 0.3 is 6.18 Å². The van der Waals surface area contributed by atoms with E-state index in [0.29, 0.717) is 0 Å². The fourth-order valence-corrected chi connectivity index (χ4v) is 3.19. The molecule has 0 radical (unpaired) electrons. The number of amides is 1. The minimum Gasteiger partial charge on any atom is -0.482 e. The van der Waals surface area contributed by atoms with Crippen LogP contribution >= 0.6 is 34.8 Å². The average Bonchev–Trinajstić information content (AvgIpc) is 3.00. The second kappa shape index (κ2) is 9.21. The molecular weight excluding hydrogens is 451 g/mol. The summed E-state index contributed by atoms with van der Waals surface area (Å²) in [5.74, 6) is -2.60. The molecule has 0 spiro atoms. The average molecular weight is 464 g/mol. The van der Waals surface area contributed by atoms with Crippen molar-refractivity contribution in [3.05, 3.63) is 39.9 Å². The maximum Gasteiger partial charge on any atom is 0.431 e. The van der Waals surface area contributed by atoms with Gasteiger partial charge in [0, 0.05) is 22.4 Å². The Bertz CT molecular complexity index is 872. The van der Waals surface area contributed by atoms with Crippen LogP contribution in [-0.4, -0.2) is 24.6 Å². The van der Waals surface area contributed by atoms with Gasteiger partial charge in [-0.25, -0.2) is 9.87 Å². The van der Waals surface area contributed by atoms with E-state index in [9.17, 15) is 22.4 Å². The molecule has 2 N–H and O–H groups in total. The van der Waals surface area contributed by atoms with Crippen LogP contribution in [-0.2, 0) is 27.6 Å². The van der Waals surface area contributed by atoms with Gasteiger partial charge in [0.05, 0.1) is 23.9 Å². The van der Waals surface area contributed by atoms with Gasteiger partial charge in [-0.3, -0.25) is 9.63 Å². The normalized spacial score (nSPS) is 11.6. The highest BCUT2D eigenvalue weighted by Gasteiger charge is 2.38. The fraction of sp³-hybridized carbons (Fsp3) is 0.312. The summed E-state index contributed by atoms with van der Waals surface area (Å²) in [7, 11) is 1.21. The molecular formula is C16H13Cl3F4N2O3. The summed E-state index contributed by atoms with van der Waals surface area (Å²) in [4.78, 5) is 18.0. The minimum atomic E-state index is -4.75. The van der Waals surface area contributed by atoms with Crippen molar-refractivity contribution in [3.8, 4) is 16.9 Å². The van der Waals surface area contributed by atoms with E-state index < -0.39 is 36.1 Å². The molecule has 0 aliphatic heterocycles. The Labute approximate surface area is 171 Å². The van der Waals surface area contributed by atoms with Gasteiger partial charge < -0.3 is 9.72 Å². The zero-order valence-electron chi connectivity index (χ0n) is 14.1. The number of aromatic nitrogens is 1. The quantitative estimate of drug-likeness (QED) is 0.344. The van der Waals surface area contributed by atoms with Gasteiger partial charge in [0.1, 0.15) is 17.3 Å². The number of alkyl halides is 5. The van der Waals surface area contributed by atoms with Gasteiger partial charge in [0.2, 0.25) is 0 Å². The lowest BCUT2D eigenvalue weighted by molar-refractivity contribution is -0.141. The first-order chi connectivity index (χ1) is 13.1. The number of carbonyl (C=O) groups is 1. The molecule has 0 saturated heterocycles. The monoisotopic (exact) mass is 462 g/mol. The van der Waals surface area contributed by atoms with Crippen LogP contribution in [0.25, 0.3) is 11.1 Å². The van der Waals surface area contributed by atoms with E-state index in [-0.39, 0.29) is 39.0 Å². The second-order valence-electron chi connectivity index (χ2n) is 5.38. The third-order valence-electron chi connectivity index (χ3n) is 3.60. The number of aromatic amines is 1. The van der Waals surface area contributed by atoms with E-state index in [2.05, 4.69) is 9.82 Å². The highest BCUT2D eigenvalue weighted by Crippen LogP contribution is 2.42. The largest absolute Gasteiger partial charge is 0.482 e. The highest BCUT2D eigenvalue weighted by atomic mass is 35.5. The number of rotatable bonds is 7. The van der Waals surface area contributed by atoms with Crippen molar-refractivity contribution in [2.75, 3.05) is 13.7 Å². The molecule has 1 heterocycles. The van der Waals surface area contributed by atoms with Gasteiger partial charge in [0.15, 0.2) is 6.61 Å². The van der Waals surface area contributed by atoms with Gasteiger partial charge in [-0.1, -0.05) is 11.6 Å². The van der Waals surface area contributed by atoms with Gasteiger partial charge in [-0.15, -0.1) is 23.2 Å². The summed E-state index contributed by atoms with van der Waals surface area (Å²) in [6.07, 6.45) is -4.75. The van der Waals surface area contributed by atoms with Crippen molar-refractivity contribution in [2.45, 2.75) is 17.9 Å². The number of ether oxygens (including phenoxy) is 1. The molecule has 1 aromatic heterocycles. The molecule has 2 rings (SSSR count). The Balaban J connectivity index is 2.57. The molecule has 1 amide bonds. The maximum absolute atomic E-state index is 14.6. The molecule has 0 fully saturated rings. The van der Waals surface area contributed by atoms with E-state index in [1.54, 1.807) is 0 Å². The minimum absolute atomic E-state index is 0.0751. The van der Waals surface area contributed by atoms with Crippen LogP contribution in [0.5, 0.6) is 5.75 Å². The zero-order valence-corrected chi connectivity index (χ0v) is 16.4. The number of nitrogens with one attached hydrogen (secondary N) is 2. The first-order valence-corrected chi connectivity index (χ1v) is 8.95. The maximum atomic E-state index is 14.6. The second-order valence-corrected chi connectivity index (χ2v) is 6.32. The number of halogens is 7. The third kappa shape index (κ3) is 4.83. The summed E-state index contributed by atoms with van der Waals surface area (Å²) in [6.45, 7) is -0.524. The van der Waals surface area contributed by atoms with Crippen LogP contribution in [0.15, 0.2) is 12.1 Å². The molecule has 0 saturated carbocycles. The first kappa shape index (κ1) is 22.6. The molecule has 12 heteroatoms. The number of hydrogen-bond donors (Lipinski definition) is 2. The number of hydrogen-bond acceptors (Lipinski definition) is 3. The molecule has 0 aliphatic carbocycles. The van der Waals surface area contributed by atoms with E-state index in [1.165, 1.54) is 7.11 Å². The molecule has 0 bridgehead atoms. The Kier molecular flexibility index (Phi) is 7.44. The van der Waals surface area contributed by atoms with Gasteiger partial charge in [-0.2, -0.15) is 13.2 Å². The summed E-state index contributed by atoms with van der Waals surface area (Å²) in [6, 6.07) is 1.93. The SMILES string of the molecule is CONC(=O)COc1cc(-c2c(CCl)[nH]c(C(F)(F)F)c2CCl)c(F)cc1Cl. The highest BCUT2D eigenvalue weighted by molar-refractivity contribution is 6.32. The zero-order chi connectivity index (χ0) is 21.1. The fourth-order valence-electron chi connectivity index (χ4n) is 2.51. The van der Waals surface area contributed by atoms with Crippen molar-refractivity contribution in [2.24, 2.45) is 0 Å². The number of benzene rings is 1. The predicted molar refractivity (Wildman–Crippen MR) is 96.0 cm³/mol. The number of carbonyl (C=O) groups excluding carboxylic acids is 1. The van der Waals surface area contributed by atoms with Gasteiger partial charge in [0.25, 0.3) is 5.91 Å². The van der Waals surface area contributed by atoms with Crippen molar-refractivity contribution >= 4 is 40.7 Å². The number of H-pyrrole nitrogens is 1. The van der Waals surface area contributed by atoms with Crippen molar-refractivity contribution < 1.29 is 31.9 Å². The Morgan fingerprint density at radius 1 is 1.25 bits per heavy atom. The summed E-state index contributed by atoms with van der Waals surface area (Å²) >= 11 is 17.4. The van der Waals surface area contributed by atoms with Crippen molar-refractivity contribution in [3.63, 3.8) is 0 Å². The van der Waals surface area contributed by atoms with E-state index >= 15 is 0 Å². The summed E-state index contributed by atoms with van der Waals surface area (Å²) < 4.78 is 59.6. The van der Waals surface area contributed by atoms with Crippen LogP contribution in [0, 0.1) is 5.82 Å². The molecule has 0 unspecified atom stereocenters. The summed E-state index contributed by atoms with van der Waals surface area (Å²) in [5, 5.41) is -0.183. The topological polar surface area (TPSA) is 63.4 Å². The van der Waals surface area contributed by atoms with Crippen LogP contribution < -0.4 is 10.2 Å². The van der Waals surface area contributed by atoms with Crippen molar-refractivity contribution in [1.29, 1.82) is 0 Å². The lowest BCUT2D eigenvalue weighted by Gasteiger charge is -2.13. The summed E-state index contributed by atoms with van der Waals surface area (Å²) in [5.41, 5.74) is 0.0402.